The van der Waals surface area contributed by atoms with Crippen molar-refractivity contribution in [3.05, 3.63) is 57.7 Å². The molecule has 2 rings (SSSR count). The average molecular weight is 532 g/mol. The van der Waals surface area contributed by atoms with Gasteiger partial charge in [0.15, 0.2) is 0 Å². The van der Waals surface area contributed by atoms with Gasteiger partial charge in [-0.15, -0.1) is 10.1 Å². The Balaban J connectivity index is 0.000000389. The van der Waals surface area contributed by atoms with Crippen LogP contribution in [-0.4, -0.2) is 16.8 Å². The summed E-state index contributed by atoms with van der Waals surface area (Å²) in [6.07, 6.45) is 22.1. The Kier molecular flexibility index (Phi) is 19.6. The van der Waals surface area contributed by atoms with Gasteiger partial charge in [-0.2, -0.15) is 0 Å². The highest BCUT2D eigenvalue weighted by Gasteiger charge is 2.14. The summed E-state index contributed by atoms with van der Waals surface area (Å²) in [5.74, 6) is 1.12. The van der Waals surface area contributed by atoms with Crippen molar-refractivity contribution in [1.82, 2.24) is 0 Å². The summed E-state index contributed by atoms with van der Waals surface area (Å²) >= 11 is 0. The quantitative estimate of drug-likeness (QED) is 0.0620. The minimum absolute atomic E-state index is 0.0969. The molecule has 38 heavy (non-hydrogen) atoms. The van der Waals surface area contributed by atoms with Gasteiger partial charge in [-0.25, -0.2) is 0 Å². The summed E-state index contributed by atoms with van der Waals surface area (Å²) in [6, 6.07) is 7.00. The van der Waals surface area contributed by atoms with E-state index in [4.69, 9.17) is 4.74 Å². The highest BCUT2D eigenvalue weighted by Crippen LogP contribution is 2.27. The van der Waals surface area contributed by atoms with Crippen molar-refractivity contribution in [1.29, 1.82) is 0 Å². The molecular formula is C31H49NO6. The maximum atomic E-state index is 11.7. The number of ether oxygens (including phenoxy) is 1. The second-order valence-electron chi connectivity index (χ2n) is 10.1. The van der Waals surface area contributed by atoms with Crippen LogP contribution in [0.2, 0.25) is 0 Å². The predicted octanol–water partition coefficient (Wildman–Crippen LogP) is 8.46. The number of unbranched alkanes of at least 4 members (excludes halogenated alkanes) is 5. The Morgan fingerprint density at radius 2 is 1.63 bits per heavy atom. The molecule has 0 unspecified atom stereocenters. The third kappa shape index (κ3) is 17.7. The molecule has 0 N–H and O–H groups in total. The van der Waals surface area contributed by atoms with Gasteiger partial charge in [-0.3, -0.25) is 9.59 Å². The molecule has 214 valence electrons. The van der Waals surface area contributed by atoms with E-state index in [0.29, 0.717) is 23.3 Å². The van der Waals surface area contributed by atoms with E-state index in [1.807, 2.05) is 19.1 Å². The number of esters is 1. The fraction of sp³-hybridized carbons (Fsp3) is 0.677. The zero-order chi connectivity index (χ0) is 27.8. The Bertz CT molecular complexity index is 816. The molecule has 1 aromatic carbocycles. The Labute approximate surface area is 229 Å². The first-order chi connectivity index (χ1) is 18.5. The topological polar surface area (TPSA) is 95.7 Å². The molecule has 1 saturated carbocycles. The fourth-order valence-electron chi connectivity index (χ4n) is 4.61. The molecular weight excluding hydrogens is 482 g/mol. The third-order valence-electron chi connectivity index (χ3n) is 6.94. The van der Waals surface area contributed by atoms with Crippen molar-refractivity contribution >= 4 is 11.8 Å². The number of hydrogen-bond donors (Lipinski definition) is 0. The van der Waals surface area contributed by atoms with Crippen LogP contribution < -0.4 is 0 Å². The summed E-state index contributed by atoms with van der Waals surface area (Å²) in [6.45, 7) is 4.11. The summed E-state index contributed by atoms with van der Waals surface area (Å²) in [5, 5.41) is 9.37. The van der Waals surface area contributed by atoms with Crippen LogP contribution in [0, 0.1) is 16.0 Å². The Hall–Kier alpha value is -2.70. The summed E-state index contributed by atoms with van der Waals surface area (Å²) in [5.41, 5.74) is 1.34. The van der Waals surface area contributed by atoms with Gasteiger partial charge in [-0.05, 0) is 49.7 Å². The number of Topliss-reactive ketones (excluding diaryl/α,β-unsaturated/α-hetero) is 1. The van der Waals surface area contributed by atoms with Gasteiger partial charge in [0.1, 0.15) is 19.0 Å². The molecule has 0 aromatic heterocycles. The zero-order valence-corrected chi connectivity index (χ0v) is 23.7. The molecule has 7 nitrogen and oxygen atoms in total. The summed E-state index contributed by atoms with van der Waals surface area (Å²) < 4.78 is 5.17. The number of nitrogens with zero attached hydrogens (tertiary/aromatic N) is 1. The highest BCUT2D eigenvalue weighted by molar-refractivity contribution is 5.78. The second-order valence-corrected chi connectivity index (χ2v) is 10.1. The lowest BCUT2D eigenvalue weighted by Gasteiger charge is -2.20. The van der Waals surface area contributed by atoms with E-state index in [0.717, 1.165) is 38.0 Å². The SMILES string of the molecule is C/C=C\CCCC(=O)OCc1ccccc1CO[N+](=O)[O-].CCCCCCCC(=O)CCC1CCCCC1. The van der Waals surface area contributed by atoms with Gasteiger partial charge >= 0.3 is 5.97 Å². The van der Waals surface area contributed by atoms with Gasteiger partial charge in [0.2, 0.25) is 0 Å². The van der Waals surface area contributed by atoms with E-state index in [9.17, 15) is 19.7 Å². The van der Waals surface area contributed by atoms with Crippen molar-refractivity contribution in [2.75, 3.05) is 0 Å². The van der Waals surface area contributed by atoms with Crippen molar-refractivity contribution < 1.29 is 24.3 Å². The highest BCUT2D eigenvalue weighted by atomic mass is 16.9. The summed E-state index contributed by atoms with van der Waals surface area (Å²) in [4.78, 5) is 37.8. The molecule has 0 saturated heterocycles. The number of carbonyl (C=O) groups excluding carboxylic acids is 2. The molecule has 0 aliphatic heterocycles. The van der Waals surface area contributed by atoms with Crippen LogP contribution in [0.3, 0.4) is 0 Å². The smallest absolute Gasteiger partial charge is 0.306 e. The second kappa shape index (κ2) is 22.3. The zero-order valence-electron chi connectivity index (χ0n) is 23.7. The van der Waals surface area contributed by atoms with Gasteiger partial charge in [0, 0.05) is 19.3 Å². The first-order valence-electron chi connectivity index (χ1n) is 14.6. The largest absolute Gasteiger partial charge is 0.461 e. The van der Waals surface area contributed by atoms with Gasteiger partial charge < -0.3 is 9.57 Å². The van der Waals surface area contributed by atoms with E-state index in [2.05, 4.69) is 11.8 Å². The first-order valence-corrected chi connectivity index (χ1v) is 14.6. The van der Waals surface area contributed by atoms with Gasteiger partial charge in [-0.1, -0.05) is 101 Å². The maximum absolute atomic E-state index is 11.7. The van der Waals surface area contributed by atoms with E-state index in [-0.39, 0.29) is 19.2 Å². The first kappa shape index (κ1) is 33.3. The van der Waals surface area contributed by atoms with E-state index in [1.54, 1.807) is 24.3 Å². The number of ketones is 1. The van der Waals surface area contributed by atoms with Crippen LogP contribution >= 0.6 is 0 Å². The molecule has 0 atom stereocenters. The lowest BCUT2D eigenvalue weighted by molar-refractivity contribution is -0.763. The standard InChI is InChI=1S/C16H30O.C15H19NO5/c1-2-3-4-5-9-12-16(17)14-13-15-10-7-6-8-11-15;1-2-3-4-5-10-15(17)20-11-13-8-6-7-9-14(13)12-21-16(18)19/h15H,2-14H2,1H3;2-3,6-9H,4-5,10-12H2,1H3/b;3-2-. The maximum Gasteiger partial charge on any atom is 0.306 e. The molecule has 1 aliphatic carbocycles. The van der Waals surface area contributed by atoms with E-state index < -0.39 is 5.09 Å². The molecule has 0 bridgehead atoms. The van der Waals surface area contributed by atoms with Crippen LogP contribution in [0.15, 0.2) is 36.4 Å². The van der Waals surface area contributed by atoms with Crippen LogP contribution in [0.4, 0.5) is 0 Å². The molecule has 7 heteroatoms. The number of hydrogen-bond acceptors (Lipinski definition) is 6. The lowest BCUT2D eigenvalue weighted by atomic mass is 9.85. The normalized spacial score (nSPS) is 13.5. The van der Waals surface area contributed by atoms with Crippen LogP contribution in [0.25, 0.3) is 0 Å². The Morgan fingerprint density at radius 1 is 0.947 bits per heavy atom. The number of carbonyl (C=O) groups is 2. The van der Waals surface area contributed by atoms with Crippen LogP contribution in [-0.2, 0) is 32.4 Å². The molecule has 0 amide bonds. The third-order valence-corrected chi connectivity index (χ3v) is 6.94. The number of rotatable bonds is 18. The van der Waals surface area contributed by atoms with Crippen LogP contribution in [0.5, 0.6) is 0 Å². The van der Waals surface area contributed by atoms with Crippen molar-refractivity contribution in [2.24, 2.45) is 5.92 Å². The molecule has 0 heterocycles. The van der Waals surface area contributed by atoms with Crippen LogP contribution in [0.1, 0.15) is 128 Å². The van der Waals surface area contributed by atoms with Crippen molar-refractivity contribution in [2.45, 2.75) is 130 Å². The molecule has 1 fully saturated rings. The van der Waals surface area contributed by atoms with E-state index >= 15 is 0 Å². The van der Waals surface area contributed by atoms with E-state index in [1.165, 1.54) is 64.2 Å². The monoisotopic (exact) mass is 531 g/mol. The molecule has 1 aliphatic rings. The summed E-state index contributed by atoms with van der Waals surface area (Å²) in [7, 11) is 0. The average Bonchev–Trinajstić information content (AvgIpc) is 2.93. The minimum Gasteiger partial charge on any atom is -0.461 e. The molecule has 1 aromatic rings. The molecule has 0 spiro atoms. The Morgan fingerprint density at radius 3 is 2.29 bits per heavy atom. The minimum atomic E-state index is -0.843. The number of allylic oxidation sites excluding steroid dienone is 2. The lowest BCUT2D eigenvalue weighted by Crippen LogP contribution is -2.08. The predicted molar refractivity (Wildman–Crippen MR) is 151 cm³/mol. The fourth-order valence-corrected chi connectivity index (χ4v) is 4.61. The molecule has 0 radical (unpaired) electrons. The van der Waals surface area contributed by atoms with Gasteiger partial charge in [0.25, 0.3) is 5.09 Å². The van der Waals surface area contributed by atoms with Gasteiger partial charge in [0.05, 0.1) is 0 Å². The van der Waals surface area contributed by atoms with Crippen molar-refractivity contribution in [3.8, 4) is 0 Å². The number of benzene rings is 1. The van der Waals surface area contributed by atoms with Crippen molar-refractivity contribution in [3.63, 3.8) is 0 Å².